The molecule has 0 saturated heterocycles. The highest BCUT2D eigenvalue weighted by Crippen LogP contribution is 2.26. The van der Waals surface area contributed by atoms with Gasteiger partial charge in [-0.15, -0.1) is 10.2 Å². The number of hydrogen-bond donors (Lipinski definition) is 2. The number of hydrogen-bond acceptors (Lipinski definition) is 8. The van der Waals surface area contributed by atoms with Gasteiger partial charge >= 0.3 is 0 Å². The zero-order chi connectivity index (χ0) is 27.6. The molecule has 4 rings (SSSR count). The lowest BCUT2D eigenvalue weighted by Gasteiger charge is -2.18. The van der Waals surface area contributed by atoms with Gasteiger partial charge in [0.2, 0.25) is 5.43 Å². The molecule has 0 aliphatic carbocycles. The van der Waals surface area contributed by atoms with Gasteiger partial charge in [0.15, 0.2) is 16.5 Å². The second kappa shape index (κ2) is 13.4. The fourth-order valence-electron chi connectivity index (χ4n) is 3.85. The molecule has 0 unspecified atom stereocenters. The van der Waals surface area contributed by atoms with Crippen molar-refractivity contribution in [3.05, 3.63) is 98.7 Å². The number of rotatable bonds is 13. The quantitative estimate of drug-likeness (QED) is 0.192. The number of benzene rings is 2. The lowest BCUT2D eigenvalue weighted by atomic mass is 10.2. The Balaban J connectivity index is 1.67. The summed E-state index contributed by atoms with van der Waals surface area (Å²) in [6.07, 6.45) is 4.46. The Morgan fingerprint density at radius 1 is 1.08 bits per heavy atom. The number of amides is 1. The standard InChI is InChI=1S/C28H28FN5O4S/c1-30-34-17-22(28-33-32-23(39-28)16-19-10-12-21(29)13-11-19)25(36)26(38-18-20-8-4-2-5-9-20)24(34)27(37)31-14-6-3-7-15-35/h2,4-5,8-13,15,17,30H,3,6-7,14,16,18H2,1H3,(H,31,37). The summed E-state index contributed by atoms with van der Waals surface area (Å²) in [5, 5.41) is 12.3. The summed E-state index contributed by atoms with van der Waals surface area (Å²) < 4.78 is 20.7. The smallest absolute Gasteiger partial charge is 0.273 e. The normalized spacial score (nSPS) is 10.7. The van der Waals surface area contributed by atoms with E-state index in [1.165, 1.54) is 34.3 Å². The van der Waals surface area contributed by atoms with Crippen molar-refractivity contribution in [2.75, 3.05) is 19.0 Å². The van der Waals surface area contributed by atoms with Gasteiger partial charge in [-0.2, -0.15) is 0 Å². The van der Waals surface area contributed by atoms with Gasteiger partial charge in [-0.25, -0.2) is 4.39 Å². The number of carbonyl (C=O) groups is 2. The summed E-state index contributed by atoms with van der Waals surface area (Å²) in [7, 11) is 1.62. The van der Waals surface area contributed by atoms with Gasteiger partial charge in [-0.1, -0.05) is 53.8 Å². The van der Waals surface area contributed by atoms with Crippen LogP contribution in [0.3, 0.4) is 0 Å². The predicted molar refractivity (Wildman–Crippen MR) is 147 cm³/mol. The summed E-state index contributed by atoms with van der Waals surface area (Å²) in [4.78, 5) is 37.5. The molecular weight excluding hydrogens is 521 g/mol. The number of unbranched alkanes of at least 4 members (excludes halogenated alkanes) is 2. The van der Waals surface area contributed by atoms with Crippen LogP contribution < -0.4 is 20.9 Å². The Labute approximate surface area is 228 Å². The third kappa shape index (κ3) is 7.14. The molecule has 0 spiro atoms. The number of nitrogens with one attached hydrogen (secondary N) is 2. The molecule has 39 heavy (non-hydrogen) atoms. The van der Waals surface area contributed by atoms with E-state index >= 15 is 0 Å². The molecule has 9 nitrogen and oxygen atoms in total. The molecule has 0 atom stereocenters. The van der Waals surface area contributed by atoms with E-state index in [2.05, 4.69) is 20.9 Å². The summed E-state index contributed by atoms with van der Waals surface area (Å²) in [6.45, 7) is 0.419. The van der Waals surface area contributed by atoms with Crippen LogP contribution in [0.2, 0.25) is 0 Å². The van der Waals surface area contributed by atoms with Crippen LogP contribution in [0.4, 0.5) is 4.39 Å². The van der Waals surface area contributed by atoms with E-state index in [9.17, 15) is 18.8 Å². The third-order valence-corrected chi connectivity index (χ3v) is 6.80. The molecule has 0 saturated carbocycles. The number of aromatic nitrogens is 3. The predicted octanol–water partition coefficient (Wildman–Crippen LogP) is 3.95. The fraction of sp³-hybridized carbons (Fsp3) is 0.250. The molecule has 1 amide bonds. The molecule has 0 radical (unpaired) electrons. The van der Waals surface area contributed by atoms with Crippen LogP contribution in [-0.2, 0) is 17.8 Å². The molecule has 2 aromatic carbocycles. The largest absolute Gasteiger partial charge is 0.482 e. The highest BCUT2D eigenvalue weighted by atomic mass is 32.1. The Kier molecular flexibility index (Phi) is 9.52. The number of carbonyl (C=O) groups excluding carboxylic acids is 2. The highest BCUT2D eigenvalue weighted by molar-refractivity contribution is 7.14. The molecular formula is C28H28FN5O4S. The van der Waals surface area contributed by atoms with Crippen LogP contribution in [0.25, 0.3) is 10.6 Å². The Morgan fingerprint density at radius 2 is 1.85 bits per heavy atom. The molecule has 11 heteroatoms. The minimum atomic E-state index is -0.493. The molecule has 4 aromatic rings. The summed E-state index contributed by atoms with van der Waals surface area (Å²) in [5.41, 5.74) is 4.37. The zero-order valence-electron chi connectivity index (χ0n) is 21.4. The molecule has 2 heterocycles. The van der Waals surface area contributed by atoms with Crippen LogP contribution >= 0.6 is 11.3 Å². The molecule has 0 fully saturated rings. The monoisotopic (exact) mass is 549 g/mol. The van der Waals surface area contributed by atoms with E-state index < -0.39 is 11.3 Å². The zero-order valence-corrected chi connectivity index (χ0v) is 22.2. The van der Waals surface area contributed by atoms with Gasteiger partial charge in [0.25, 0.3) is 5.91 Å². The van der Waals surface area contributed by atoms with Crippen molar-refractivity contribution < 1.29 is 18.7 Å². The fourth-order valence-corrected chi connectivity index (χ4v) is 4.73. The van der Waals surface area contributed by atoms with Crippen LogP contribution in [0.5, 0.6) is 5.75 Å². The van der Waals surface area contributed by atoms with Crippen molar-refractivity contribution in [3.63, 3.8) is 0 Å². The van der Waals surface area contributed by atoms with Crippen molar-refractivity contribution in [1.29, 1.82) is 0 Å². The average molecular weight is 550 g/mol. The van der Waals surface area contributed by atoms with E-state index in [1.807, 2.05) is 30.3 Å². The van der Waals surface area contributed by atoms with Gasteiger partial charge in [0.1, 0.15) is 23.7 Å². The van der Waals surface area contributed by atoms with Gasteiger partial charge in [-0.05, 0) is 36.1 Å². The average Bonchev–Trinajstić information content (AvgIpc) is 3.41. The van der Waals surface area contributed by atoms with E-state index in [4.69, 9.17) is 4.74 Å². The van der Waals surface area contributed by atoms with Crippen LogP contribution in [0.1, 0.15) is 45.9 Å². The van der Waals surface area contributed by atoms with Gasteiger partial charge in [0, 0.05) is 32.6 Å². The number of ether oxygens (including phenoxy) is 1. The number of pyridine rings is 1. The van der Waals surface area contributed by atoms with Crippen molar-refractivity contribution >= 4 is 23.5 Å². The van der Waals surface area contributed by atoms with Crippen molar-refractivity contribution in [2.45, 2.75) is 32.3 Å². The number of aldehydes is 1. The summed E-state index contributed by atoms with van der Waals surface area (Å²) in [5.74, 6) is -0.930. The third-order valence-electron chi connectivity index (χ3n) is 5.85. The van der Waals surface area contributed by atoms with E-state index in [0.29, 0.717) is 42.2 Å². The van der Waals surface area contributed by atoms with Crippen LogP contribution in [0, 0.1) is 5.82 Å². The number of nitrogens with zero attached hydrogens (tertiary/aromatic N) is 3. The van der Waals surface area contributed by atoms with Crippen LogP contribution in [0.15, 0.2) is 65.6 Å². The summed E-state index contributed by atoms with van der Waals surface area (Å²) in [6, 6.07) is 15.4. The molecule has 202 valence electrons. The van der Waals surface area contributed by atoms with Gasteiger partial charge in [-0.3, -0.25) is 14.3 Å². The maximum absolute atomic E-state index is 13.7. The molecule has 2 N–H and O–H groups in total. The Hall–Kier alpha value is -4.38. The molecule has 0 bridgehead atoms. The first kappa shape index (κ1) is 27.6. The van der Waals surface area contributed by atoms with Crippen molar-refractivity contribution in [1.82, 2.24) is 20.2 Å². The minimum absolute atomic E-state index is 0.0219. The number of halogens is 1. The van der Waals surface area contributed by atoms with Crippen molar-refractivity contribution in [2.24, 2.45) is 0 Å². The Bertz CT molecular complexity index is 1470. The first-order chi connectivity index (χ1) is 19.0. The van der Waals surface area contributed by atoms with E-state index in [1.54, 1.807) is 19.2 Å². The highest BCUT2D eigenvalue weighted by Gasteiger charge is 2.25. The van der Waals surface area contributed by atoms with Crippen molar-refractivity contribution in [3.8, 4) is 16.3 Å². The minimum Gasteiger partial charge on any atom is -0.482 e. The van der Waals surface area contributed by atoms with E-state index in [0.717, 1.165) is 17.4 Å². The summed E-state index contributed by atoms with van der Waals surface area (Å²) >= 11 is 1.24. The first-order valence-corrected chi connectivity index (χ1v) is 13.2. The lowest BCUT2D eigenvalue weighted by molar-refractivity contribution is -0.107. The van der Waals surface area contributed by atoms with Gasteiger partial charge in [0.05, 0.1) is 5.56 Å². The second-order valence-electron chi connectivity index (χ2n) is 8.64. The maximum Gasteiger partial charge on any atom is 0.273 e. The van der Waals surface area contributed by atoms with E-state index in [-0.39, 0.29) is 29.4 Å². The first-order valence-electron chi connectivity index (χ1n) is 12.4. The topological polar surface area (TPSA) is 115 Å². The van der Waals surface area contributed by atoms with Crippen LogP contribution in [-0.4, -0.2) is 40.7 Å². The second-order valence-corrected chi connectivity index (χ2v) is 9.70. The Morgan fingerprint density at radius 3 is 2.56 bits per heavy atom. The van der Waals surface area contributed by atoms with Gasteiger partial charge < -0.3 is 20.3 Å². The molecule has 0 aliphatic heterocycles. The lowest BCUT2D eigenvalue weighted by Crippen LogP contribution is -2.33. The molecule has 2 aromatic heterocycles. The SMILES string of the molecule is CNn1cc(-c2nnc(Cc3ccc(F)cc3)s2)c(=O)c(OCc2ccccc2)c1C(=O)NCCCCC=O. The maximum atomic E-state index is 13.7. The molecule has 0 aliphatic rings.